The Bertz CT molecular complexity index is 665. The van der Waals surface area contributed by atoms with Crippen molar-refractivity contribution in [1.82, 2.24) is 4.98 Å². The molecule has 3 rings (SSSR count). The van der Waals surface area contributed by atoms with E-state index in [1.165, 1.54) is 37.8 Å². The molecule has 1 aromatic heterocycles. The fourth-order valence-electron chi connectivity index (χ4n) is 2.83. The quantitative estimate of drug-likeness (QED) is 0.841. The van der Waals surface area contributed by atoms with Crippen molar-refractivity contribution in [1.29, 1.82) is 0 Å². The highest BCUT2D eigenvalue weighted by atomic mass is 32.1. The van der Waals surface area contributed by atoms with Gasteiger partial charge in [-0.3, -0.25) is 5.32 Å². The van der Waals surface area contributed by atoms with Crippen LogP contribution in [0.4, 0.5) is 16.2 Å². The molecule has 1 saturated carbocycles. The fraction of sp³-hybridized carbons (Fsp3) is 0.412. The summed E-state index contributed by atoms with van der Waals surface area (Å²) in [4.78, 5) is 16.0. The zero-order chi connectivity index (χ0) is 16.1. The van der Waals surface area contributed by atoms with Crippen LogP contribution in [0.15, 0.2) is 29.6 Å². The summed E-state index contributed by atoms with van der Waals surface area (Å²) < 4.78 is 4.60. The van der Waals surface area contributed by atoms with E-state index in [0.29, 0.717) is 18.2 Å². The van der Waals surface area contributed by atoms with Crippen LogP contribution in [0.1, 0.15) is 42.3 Å². The molecule has 0 spiro atoms. The van der Waals surface area contributed by atoms with Crippen molar-refractivity contribution in [2.45, 2.75) is 38.1 Å². The van der Waals surface area contributed by atoms with Gasteiger partial charge in [0, 0.05) is 22.7 Å². The molecule has 0 bridgehead atoms. The number of nitrogens with zero attached hydrogens (tertiary/aromatic N) is 1. The summed E-state index contributed by atoms with van der Waals surface area (Å²) in [5, 5.41) is 9.42. The summed E-state index contributed by atoms with van der Waals surface area (Å²) in [6.07, 6.45) is 4.75. The Kier molecular flexibility index (Phi) is 5.12. The molecule has 0 unspecified atom stereocenters. The van der Waals surface area contributed by atoms with Gasteiger partial charge in [-0.15, -0.1) is 11.3 Å². The van der Waals surface area contributed by atoms with E-state index in [9.17, 15) is 4.79 Å². The van der Waals surface area contributed by atoms with Crippen molar-refractivity contribution in [2.24, 2.45) is 0 Å². The summed E-state index contributed by atoms with van der Waals surface area (Å²) in [5.41, 5.74) is 2.71. The van der Waals surface area contributed by atoms with Crippen LogP contribution in [-0.2, 0) is 11.3 Å². The lowest BCUT2D eigenvalue weighted by atomic mass is 10.1. The number of anilines is 2. The second kappa shape index (κ2) is 7.46. The van der Waals surface area contributed by atoms with Crippen molar-refractivity contribution in [3.8, 4) is 0 Å². The lowest BCUT2D eigenvalue weighted by Crippen LogP contribution is -2.11. The number of aromatic nitrogens is 1. The van der Waals surface area contributed by atoms with Crippen LogP contribution in [0.5, 0.6) is 0 Å². The molecule has 1 heterocycles. The number of ether oxygens (including phenoxy) is 1. The molecule has 2 aromatic rings. The van der Waals surface area contributed by atoms with Gasteiger partial charge in [-0.2, -0.15) is 0 Å². The summed E-state index contributed by atoms with van der Waals surface area (Å²) in [6, 6.07) is 7.55. The van der Waals surface area contributed by atoms with Crippen molar-refractivity contribution in [3.05, 3.63) is 40.3 Å². The number of methoxy groups -OCH3 is 1. The van der Waals surface area contributed by atoms with Crippen molar-refractivity contribution in [2.75, 3.05) is 17.7 Å². The highest BCUT2D eigenvalue weighted by Gasteiger charge is 2.19. The van der Waals surface area contributed by atoms with E-state index in [2.05, 4.69) is 20.8 Å². The summed E-state index contributed by atoms with van der Waals surface area (Å²) >= 11 is 1.77. The first-order chi connectivity index (χ1) is 11.2. The van der Waals surface area contributed by atoms with Gasteiger partial charge in [0.05, 0.1) is 24.4 Å². The van der Waals surface area contributed by atoms with Gasteiger partial charge < -0.3 is 10.1 Å². The second-order valence-electron chi connectivity index (χ2n) is 5.71. The molecule has 1 fully saturated rings. The fourth-order valence-corrected chi connectivity index (χ4v) is 3.82. The predicted molar refractivity (Wildman–Crippen MR) is 93.1 cm³/mol. The molecule has 0 aliphatic heterocycles. The SMILES string of the molecule is COC(=O)Nc1cccc(NCc2csc(C3CCCC3)n2)c1. The maximum Gasteiger partial charge on any atom is 0.411 e. The molecular weight excluding hydrogens is 310 g/mol. The molecule has 122 valence electrons. The van der Waals surface area contributed by atoms with Crippen molar-refractivity contribution >= 4 is 28.8 Å². The van der Waals surface area contributed by atoms with Crippen molar-refractivity contribution in [3.63, 3.8) is 0 Å². The number of hydrogen-bond acceptors (Lipinski definition) is 5. The Morgan fingerprint density at radius 3 is 2.91 bits per heavy atom. The minimum atomic E-state index is -0.470. The third-order valence-corrected chi connectivity index (χ3v) is 5.10. The van der Waals surface area contributed by atoms with Crippen LogP contribution < -0.4 is 10.6 Å². The normalized spacial score (nSPS) is 14.7. The third kappa shape index (κ3) is 4.22. The Morgan fingerprint density at radius 1 is 1.35 bits per heavy atom. The molecule has 6 heteroatoms. The standard InChI is InChI=1S/C17H21N3O2S/c1-22-17(21)20-14-8-4-7-13(9-14)18-10-15-11-23-16(19-15)12-5-2-3-6-12/h4,7-9,11-12,18H,2-3,5-6,10H2,1H3,(H,20,21). The number of amides is 1. The monoisotopic (exact) mass is 331 g/mol. The van der Waals surface area contributed by atoms with Crippen LogP contribution >= 0.6 is 11.3 Å². The van der Waals surface area contributed by atoms with Gasteiger partial charge in [-0.25, -0.2) is 9.78 Å². The Balaban J connectivity index is 1.57. The van der Waals surface area contributed by atoms with E-state index in [-0.39, 0.29) is 0 Å². The summed E-state index contributed by atoms with van der Waals surface area (Å²) in [6.45, 7) is 0.685. The Morgan fingerprint density at radius 2 is 2.13 bits per heavy atom. The molecule has 0 atom stereocenters. The van der Waals surface area contributed by atoms with Gasteiger partial charge in [0.25, 0.3) is 0 Å². The number of carbonyl (C=O) groups is 1. The average molecular weight is 331 g/mol. The number of carbonyl (C=O) groups excluding carboxylic acids is 1. The predicted octanol–water partition coefficient (Wildman–Crippen LogP) is 4.59. The molecule has 0 radical (unpaired) electrons. The Labute approximate surface area is 140 Å². The van der Waals surface area contributed by atoms with Crippen LogP contribution in [-0.4, -0.2) is 18.2 Å². The van der Waals surface area contributed by atoms with E-state index in [1.54, 1.807) is 11.3 Å². The smallest absolute Gasteiger partial charge is 0.411 e. The Hall–Kier alpha value is -2.08. The van der Waals surface area contributed by atoms with Crippen LogP contribution in [0, 0.1) is 0 Å². The average Bonchev–Trinajstić information content (AvgIpc) is 3.24. The zero-order valence-electron chi connectivity index (χ0n) is 13.2. The summed E-state index contributed by atoms with van der Waals surface area (Å²) in [5.74, 6) is 0.668. The van der Waals surface area contributed by atoms with Crippen LogP contribution in [0.3, 0.4) is 0 Å². The minimum Gasteiger partial charge on any atom is -0.453 e. The maximum absolute atomic E-state index is 11.2. The molecule has 1 amide bonds. The van der Waals surface area contributed by atoms with E-state index in [4.69, 9.17) is 4.98 Å². The lowest BCUT2D eigenvalue weighted by Gasteiger charge is -2.08. The number of benzene rings is 1. The maximum atomic E-state index is 11.2. The van der Waals surface area contributed by atoms with Crippen molar-refractivity contribution < 1.29 is 9.53 Å². The largest absolute Gasteiger partial charge is 0.453 e. The number of thiazole rings is 1. The number of nitrogens with one attached hydrogen (secondary N) is 2. The van der Waals surface area contributed by atoms with Gasteiger partial charge in [-0.05, 0) is 31.0 Å². The van der Waals surface area contributed by atoms with Crippen LogP contribution in [0.25, 0.3) is 0 Å². The van der Waals surface area contributed by atoms with Gasteiger partial charge in [0.2, 0.25) is 0 Å². The van der Waals surface area contributed by atoms with Gasteiger partial charge in [0.15, 0.2) is 0 Å². The van der Waals surface area contributed by atoms with Gasteiger partial charge in [0.1, 0.15) is 0 Å². The highest BCUT2D eigenvalue weighted by molar-refractivity contribution is 7.09. The molecule has 1 aliphatic rings. The molecule has 23 heavy (non-hydrogen) atoms. The van der Waals surface area contributed by atoms with E-state index in [1.807, 2.05) is 24.3 Å². The zero-order valence-corrected chi connectivity index (χ0v) is 14.0. The van der Waals surface area contributed by atoms with E-state index < -0.39 is 6.09 Å². The number of rotatable bonds is 5. The topological polar surface area (TPSA) is 63.2 Å². The van der Waals surface area contributed by atoms with Gasteiger partial charge in [-0.1, -0.05) is 18.9 Å². The molecule has 1 aromatic carbocycles. The number of hydrogen-bond donors (Lipinski definition) is 2. The third-order valence-electron chi connectivity index (χ3n) is 4.04. The van der Waals surface area contributed by atoms with Crippen LogP contribution in [0.2, 0.25) is 0 Å². The summed E-state index contributed by atoms with van der Waals surface area (Å²) in [7, 11) is 1.35. The molecular formula is C17H21N3O2S. The van der Waals surface area contributed by atoms with E-state index in [0.717, 1.165) is 11.4 Å². The first-order valence-corrected chi connectivity index (χ1v) is 8.76. The van der Waals surface area contributed by atoms with E-state index >= 15 is 0 Å². The minimum absolute atomic E-state index is 0.470. The van der Waals surface area contributed by atoms with Gasteiger partial charge >= 0.3 is 6.09 Å². The molecule has 0 saturated heterocycles. The lowest BCUT2D eigenvalue weighted by molar-refractivity contribution is 0.187. The highest BCUT2D eigenvalue weighted by Crippen LogP contribution is 2.35. The molecule has 1 aliphatic carbocycles. The first-order valence-electron chi connectivity index (χ1n) is 7.88. The second-order valence-corrected chi connectivity index (χ2v) is 6.60. The first kappa shape index (κ1) is 15.8. The molecule has 5 nitrogen and oxygen atoms in total. The molecule has 2 N–H and O–H groups in total.